The van der Waals surface area contributed by atoms with Crippen molar-refractivity contribution < 1.29 is 13.7 Å². The van der Waals surface area contributed by atoms with Crippen LogP contribution >= 0.6 is 0 Å². The van der Waals surface area contributed by atoms with Crippen molar-refractivity contribution in [2.75, 3.05) is 18.2 Å². The molecule has 1 saturated heterocycles. The quantitative estimate of drug-likeness (QED) is 0.570. The molecule has 7 nitrogen and oxygen atoms in total. The highest BCUT2D eigenvalue weighted by Gasteiger charge is 2.30. The van der Waals surface area contributed by atoms with E-state index in [4.69, 9.17) is 14.7 Å². The number of rotatable bonds is 7. The van der Waals surface area contributed by atoms with E-state index in [-0.39, 0.29) is 17.9 Å². The van der Waals surface area contributed by atoms with Crippen LogP contribution in [0.25, 0.3) is 11.2 Å². The van der Waals surface area contributed by atoms with Crippen molar-refractivity contribution in [1.82, 2.24) is 14.5 Å². The fraction of sp³-hybridized carbons (Fsp3) is 0.458. The topological polar surface area (TPSA) is 86.1 Å². The van der Waals surface area contributed by atoms with E-state index in [1.165, 1.54) is 0 Å². The molecule has 3 aromatic rings. The molecule has 5 rings (SSSR count). The third-order valence-corrected chi connectivity index (χ3v) is 7.15. The number of hydrogen-bond donors (Lipinski definition) is 1. The van der Waals surface area contributed by atoms with Gasteiger partial charge in [0.2, 0.25) is 0 Å². The van der Waals surface area contributed by atoms with Crippen LogP contribution in [0.3, 0.4) is 0 Å². The molecular weight excluding hydrogens is 424 g/mol. The first kappa shape index (κ1) is 21.3. The number of imidazole rings is 1. The number of carbonyl (C=O) groups is 1. The van der Waals surface area contributed by atoms with Crippen molar-refractivity contribution in [1.29, 1.82) is 0 Å². The van der Waals surface area contributed by atoms with Gasteiger partial charge in [0.1, 0.15) is 23.4 Å². The van der Waals surface area contributed by atoms with E-state index in [2.05, 4.69) is 9.88 Å². The molecule has 8 heteroatoms. The third-order valence-electron chi connectivity index (χ3n) is 6.18. The van der Waals surface area contributed by atoms with E-state index in [0.717, 1.165) is 77.7 Å². The van der Waals surface area contributed by atoms with Gasteiger partial charge in [-0.2, -0.15) is 0 Å². The molecule has 1 N–H and O–H groups in total. The van der Waals surface area contributed by atoms with Crippen molar-refractivity contribution >= 4 is 39.1 Å². The number of aromatic nitrogens is 3. The lowest BCUT2D eigenvalue weighted by Crippen LogP contribution is -2.19. The Morgan fingerprint density at radius 1 is 1.19 bits per heavy atom. The van der Waals surface area contributed by atoms with Crippen molar-refractivity contribution in [2.24, 2.45) is 5.92 Å². The average molecular weight is 453 g/mol. The second-order valence-corrected chi connectivity index (χ2v) is 10.0. The summed E-state index contributed by atoms with van der Waals surface area (Å²) >= 11 is 0. The Bertz CT molecular complexity index is 1200. The summed E-state index contributed by atoms with van der Waals surface area (Å²) in [5.41, 5.74) is 3.72. The van der Waals surface area contributed by atoms with E-state index in [9.17, 15) is 9.00 Å². The normalized spacial score (nSPS) is 19.8. The highest BCUT2D eigenvalue weighted by molar-refractivity contribution is 7.84. The third kappa shape index (κ3) is 4.21. The first-order chi connectivity index (χ1) is 15.5. The SMILES string of the molecule is Cc1nc2c(Nc3ccccc3S(C)=O)cc(CC(=O)C3CC3)nc2n1C1CCCCO1. The molecule has 2 unspecified atom stereocenters. The predicted molar refractivity (Wildman–Crippen MR) is 125 cm³/mol. The maximum absolute atomic E-state index is 12.6. The summed E-state index contributed by atoms with van der Waals surface area (Å²) in [6, 6.07) is 9.47. The lowest BCUT2D eigenvalue weighted by atomic mass is 10.1. The van der Waals surface area contributed by atoms with Gasteiger partial charge < -0.3 is 10.1 Å². The van der Waals surface area contributed by atoms with Crippen molar-refractivity contribution in [3.63, 3.8) is 0 Å². The number of nitrogens with zero attached hydrogens (tertiary/aromatic N) is 3. The zero-order valence-corrected chi connectivity index (χ0v) is 19.3. The van der Waals surface area contributed by atoms with Crippen LogP contribution in [0.2, 0.25) is 0 Å². The number of nitrogens with one attached hydrogen (secondary N) is 1. The van der Waals surface area contributed by atoms with E-state index in [1.54, 1.807) is 6.26 Å². The summed E-state index contributed by atoms with van der Waals surface area (Å²) in [7, 11) is -1.14. The molecule has 168 valence electrons. The highest BCUT2D eigenvalue weighted by atomic mass is 32.2. The summed E-state index contributed by atoms with van der Waals surface area (Å²) in [6.07, 6.45) is 6.93. The van der Waals surface area contributed by atoms with Crippen LogP contribution in [0.1, 0.15) is 49.9 Å². The van der Waals surface area contributed by atoms with Crippen molar-refractivity contribution in [2.45, 2.75) is 56.6 Å². The molecule has 2 aliphatic rings. The number of ketones is 1. The van der Waals surface area contributed by atoms with Crippen LogP contribution < -0.4 is 5.32 Å². The molecule has 1 aliphatic heterocycles. The van der Waals surface area contributed by atoms with Gasteiger partial charge in [-0.3, -0.25) is 13.6 Å². The Hall–Kier alpha value is -2.58. The van der Waals surface area contributed by atoms with Gasteiger partial charge in [0, 0.05) is 25.2 Å². The fourth-order valence-electron chi connectivity index (χ4n) is 4.38. The number of para-hydroxylation sites is 1. The van der Waals surface area contributed by atoms with E-state index >= 15 is 0 Å². The van der Waals surface area contributed by atoms with E-state index < -0.39 is 10.8 Å². The Kier molecular flexibility index (Phi) is 5.82. The van der Waals surface area contributed by atoms with Gasteiger partial charge in [0.25, 0.3) is 0 Å². The minimum absolute atomic E-state index is 0.0982. The second-order valence-electron chi connectivity index (χ2n) is 8.68. The van der Waals surface area contributed by atoms with Gasteiger partial charge >= 0.3 is 0 Å². The zero-order chi connectivity index (χ0) is 22.2. The smallest absolute Gasteiger partial charge is 0.164 e. The van der Waals surface area contributed by atoms with Gasteiger partial charge in [-0.05, 0) is 57.2 Å². The molecule has 32 heavy (non-hydrogen) atoms. The van der Waals surface area contributed by atoms with Gasteiger partial charge in [-0.1, -0.05) is 12.1 Å². The van der Waals surface area contributed by atoms with Crippen LogP contribution in [0, 0.1) is 12.8 Å². The summed E-state index contributed by atoms with van der Waals surface area (Å²) < 4.78 is 20.4. The minimum atomic E-state index is -1.14. The number of carbonyl (C=O) groups excluding carboxylic acids is 1. The van der Waals surface area contributed by atoms with E-state index in [1.807, 2.05) is 37.3 Å². The van der Waals surface area contributed by atoms with Crippen molar-refractivity contribution in [3.05, 3.63) is 41.9 Å². The van der Waals surface area contributed by atoms with Gasteiger partial charge in [-0.15, -0.1) is 0 Å². The lowest BCUT2D eigenvalue weighted by Gasteiger charge is -2.25. The molecule has 1 saturated carbocycles. The van der Waals surface area contributed by atoms with Crippen LogP contribution in [0.4, 0.5) is 11.4 Å². The number of benzene rings is 1. The first-order valence-electron chi connectivity index (χ1n) is 11.2. The van der Waals surface area contributed by atoms with Crippen LogP contribution in [0.15, 0.2) is 35.2 Å². The molecule has 2 atom stereocenters. The van der Waals surface area contributed by atoms with Gasteiger partial charge in [-0.25, -0.2) is 9.97 Å². The number of Topliss-reactive ketones (excluding diaryl/α,β-unsaturated/α-hetero) is 1. The Morgan fingerprint density at radius 2 is 2.00 bits per heavy atom. The molecule has 0 radical (unpaired) electrons. The predicted octanol–water partition coefficient (Wildman–Crippen LogP) is 4.44. The number of fused-ring (bicyclic) bond motifs is 1. The summed E-state index contributed by atoms with van der Waals surface area (Å²) in [5.74, 6) is 1.26. The molecule has 0 amide bonds. The number of hydrogen-bond acceptors (Lipinski definition) is 6. The Labute approximate surface area is 190 Å². The molecule has 2 fully saturated rings. The summed E-state index contributed by atoms with van der Waals surface area (Å²) in [4.78, 5) is 23.0. The molecule has 0 spiro atoms. The van der Waals surface area contributed by atoms with Crippen LogP contribution in [-0.4, -0.2) is 37.4 Å². The van der Waals surface area contributed by atoms with Gasteiger partial charge in [0.05, 0.1) is 32.8 Å². The number of ether oxygens (including phenoxy) is 1. The van der Waals surface area contributed by atoms with Crippen LogP contribution in [-0.2, 0) is 26.8 Å². The minimum Gasteiger partial charge on any atom is -0.358 e. The molecule has 0 bridgehead atoms. The lowest BCUT2D eigenvalue weighted by molar-refractivity contribution is -0.119. The molecule has 2 aromatic heterocycles. The fourth-order valence-corrected chi connectivity index (χ4v) is 5.07. The highest BCUT2D eigenvalue weighted by Crippen LogP contribution is 2.35. The summed E-state index contributed by atoms with van der Waals surface area (Å²) in [5, 5.41) is 3.44. The second kappa shape index (κ2) is 8.75. The van der Waals surface area contributed by atoms with Crippen LogP contribution in [0.5, 0.6) is 0 Å². The number of anilines is 2. The Balaban J connectivity index is 1.62. The molecule has 1 aliphatic carbocycles. The molecule has 3 heterocycles. The molecular formula is C24H28N4O3S. The Morgan fingerprint density at radius 3 is 2.72 bits per heavy atom. The zero-order valence-electron chi connectivity index (χ0n) is 18.5. The average Bonchev–Trinajstić information content (AvgIpc) is 3.58. The van der Waals surface area contributed by atoms with Crippen molar-refractivity contribution in [3.8, 4) is 0 Å². The molecule has 1 aromatic carbocycles. The standard InChI is InChI=1S/C24H28N4O3S/c1-15-25-23-19(27-18-7-3-4-8-21(18)32(2)30)13-17(14-20(29)16-10-11-16)26-24(23)28(15)22-9-5-6-12-31-22/h3-4,7-8,13,16,22H,5-6,9-12,14H2,1-2H3,(H,26,27). The number of aryl methyl sites for hydroxylation is 1. The van der Waals surface area contributed by atoms with Gasteiger partial charge in [0.15, 0.2) is 5.65 Å². The van der Waals surface area contributed by atoms with E-state index in [0.29, 0.717) is 6.42 Å². The number of pyridine rings is 1. The first-order valence-corrected chi connectivity index (χ1v) is 12.8. The summed E-state index contributed by atoms with van der Waals surface area (Å²) in [6.45, 7) is 2.69. The maximum atomic E-state index is 12.6. The largest absolute Gasteiger partial charge is 0.358 e. The monoisotopic (exact) mass is 452 g/mol. The maximum Gasteiger partial charge on any atom is 0.164 e.